The van der Waals surface area contributed by atoms with Crippen molar-refractivity contribution in [1.29, 1.82) is 0 Å². The van der Waals surface area contributed by atoms with Gasteiger partial charge in [-0.15, -0.1) is 0 Å². The molecule has 7 heteroatoms. The second kappa shape index (κ2) is 6.01. The quantitative estimate of drug-likeness (QED) is 0.617. The Labute approximate surface area is 141 Å². The van der Waals surface area contributed by atoms with Crippen molar-refractivity contribution in [2.45, 2.75) is 19.9 Å². The highest BCUT2D eigenvalue weighted by Gasteiger charge is 2.13. The van der Waals surface area contributed by atoms with Crippen LogP contribution in [0.2, 0.25) is 0 Å². The number of aromatic amines is 1. The van der Waals surface area contributed by atoms with Crippen LogP contribution in [0.5, 0.6) is 0 Å². The summed E-state index contributed by atoms with van der Waals surface area (Å²) in [5.41, 5.74) is 2.81. The van der Waals surface area contributed by atoms with Gasteiger partial charge in [0.05, 0.1) is 11.0 Å². The van der Waals surface area contributed by atoms with Gasteiger partial charge in [-0.3, -0.25) is 4.57 Å². The molecule has 126 valence electrons. The second-order valence-electron chi connectivity index (χ2n) is 5.74. The predicted molar refractivity (Wildman–Crippen MR) is 91.5 cm³/mol. The molecule has 0 bridgehead atoms. The first-order chi connectivity index (χ1) is 12.2. The van der Waals surface area contributed by atoms with E-state index in [1.807, 2.05) is 25.1 Å². The summed E-state index contributed by atoms with van der Waals surface area (Å²) in [6.45, 7) is 2.69. The highest BCUT2D eigenvalue weighted by atomic mass is 19.1. The lowest BCUT2D eigenvalue weighted by Crippen LogP contribution is -2.16. The number of hydrogen-bond donors (Lipinski definition) is 1. The van der Waals surface area contributed by atoms with E-state index in [1.165, 1.54) is 12.1 Å². The minimum Gasteiger partial charge on any atom is -0.334 e. The normalized spacial score (nSPS) is 11.3. The van der Waals surface area contributed by atoms with Crippen molar-refractivity contribution in [1.82, 2.24) is 19.7 Å². The fourth-order valence-electron chi connectivity index (χ4n) is 2.80. The Morgan fingerprint density at radius 2 is 1.92 bits per heavy atom. The van der Waals surface area contributed by atoms with Crippen molar-refractivity contribution < 1.29 is 8.91 Å². The summed E-state index contributed by atoms with van der Waals surface area (Å²) >= 11 is 0. The zero-order valence-corrected chi connectivity index (χ0v) is 13.5. The van der Waals surface area contributed by atoms with Gasteiger partial charge in [0.25, 0.3) is 5.89 Å². The fourth-order valence-corrected chi connectivity index (χ4v) is 2.80. The van der Waals surface area contributed by atoms with E-state index < -0.39 is 0 Å². The molecule has 0 fully saturated rings. The number of aromatic nitrogens is 4. The Morgan fingerprint density at radius 1 is 1.16 bits per heavy atom. The molecule has 25 heavy (non-hydrogen) atoms. The van der Waals surface area contributed by atoms with Crippen LogP contribution in [0.1, 0.15) is 13.3 Å². The average Bonchev–Trinajstić information content (AvgIpc) is 3.21. The van der Waals surface area contributed by atoms with E-state index in [0.717, 1.165) is 23.0 Å². The first kappa shape index (κ1) is 15.3. The zero-order chi connectivity index (χ0) is 17.4. The van der Waals surface area contributed by atoms with Gasteiger partial charge in [0.15, 0.2) is 0 Å². The number of halogens is 1. The van der Waals surface area contributed by atoms with Gasteiger partial charge < -0.3 is 9.51 Å². The zero-order valence-electron chi connectivity index (χ0n) is 13.5. The maximum absolute atomic E-state index is 13.0. The molecule has 0 aliphatic carbocycles. The lowest BCUT2D eigenvalue weighted by atomic mass is 10.2. The molecule has 0 spiro atoms. The number of benzene rings is 2. The molecule has 0 saturated carbocycles. The second-order valence-corrected chi connectivity index (χ2v) is 5.74. The number of H-pyrrole nitrogens is 1. The Balaban J connectivity index is 1.73. The van der Waals surface area contributed by atoms with Crippen molar-refractivity contribution in [3.05, 3.63) is 58.8 Å². The third-order valence-electron chi connectivity index (χ3n) is 4.00. The van der Waals surface area contributed by atoms with Crippen molar-refractivity contribution >= 4 is 11.0 Å². The topological polar surface area (TPSA) is 76.7 Å². The summed E-state index contributed by atoms with van der Waals surface area (Å²) in [7, 11) is 0. The average molecular weight is 338 g/mol. The van der Waals surface area contributed by atoms with Gasteiger partial charge in [-0.25, -0.2) is 9.18 Å². The lowest BCUT2D eigenvalue weighted by Gasteiger charge is -2.00. The summed E-state index contributed by atoms with van der Waals surface area (Å²) in [5.74, 6) is 0.395. The molecule has 2 aromatic heterocycles. The first-order valence-corrected chi connectivity index (χ1v) is 7.98. The highest BCUT2D eigenvalue weighted by Crippen LogP contribution is 2.24. The van der Waals surface area contributed by atoms with Crippen LogP contribution < -0.4 is 5.69 Å². The van der Waals surface area contributed by atoms with Crippen molar-refractivity contribution in [3.63, 3.8) is 0 Å². The third kappa shape index (κ3) is 2.73. The number of nitrogens with zero attached hydrogens (tertiary/aromatic N) is 3. The van der Waals surface area contributed by atoms with E-state index in [-0.39, 0.29) is 11.5 Å². The molecule has 6 nitrogen and oxygen atoms in total. The first-order valence-electron chi connectivity index (χ1n) is 7.98. The Hall–Kier alpha value is -3.22. The highest BCUT2D eigenvalue weighted by molar-refractivity contribution is 5.80. The third-order valence-corrected chi connectivity index (χ3v) is 4.00. The van der Waals surface area contributed by atoms with Crippen LogP contribution in [0.4, 0.5) is 4.39 Å². The van der Waals surface area contributed by atoms with Gasteiger partial charge in [0.2, 0.25) is 5.82 Å². The SMILES string of the molecule is CCCn1c(=O)[nH]c2cc(-c3noc(-c4ccc(F)cc4)n3)ccc21. The monoisotopic (exact) mass is 338 g/mol. The minimum absolute atomic E-state index is 0.130. The summed E-state index contributed by atoms with van der Waals surface area (Å²) in [4.78, 5) is 19.2. The van der Waals surface area contributed by atoms with E-state index in [1.54, 1.807) is 16.7 Å². The fraction of sp³-hybridized carbons (Fsp3) is 0.167. The Morgan fingerprint density at radius 3 is 2.68 bits per heavy atom. The molecule has 0 saturated heterocycles. The molecular formula is C18H15FN4O2. The molecule has 0 amide bonds. The van der Waals surface area contributed by atoms with E-state index >= 15 is 0 Å². The molecule has 0 aliphatic rings. The van der Waals surface area contributed by atoms with E-state index in [2.05, 4.69) is 15.1 Å². The number of imidazole rings is 1. The number of fused-ring (bicyclic) bond motifs is 1. The number of aryl methyl sites for hydroxylation is 1. The van der Waals surface area contributed by atoms with Gasteiger partial charge >= 0.3 is 5.69 Å². The minimum atomic E-state index is -0.325. The van der Waals surface area contributed by atoms with Crippen LogP contribution in [0.15, 0.2) is 51.8 Å². The van der Waals surface area contributed by atoms with E-state index in [4.69, 9.17) is 4.52 Å². The lowest BCUT2D eigenvalue weighted by molar-refractivity contribution is 0.432. The molecule has 4 rings (SSSR count). The molecule has 0 aliphatic heterocycles. The Bertz CT molecular complexity index is 1090. The molecule has 0 atom stereocenters. The summed E-state index contributed by atoms with van der Waals surface area (Å²) in [6, 6.07) is 11.4. The number of rotatable bonds is 4. The maximum atomic E-state index is 13.0. The van der Waals surface area contributed by atoms with Gasteiger partial charge in [-0.05, 0) is 48.9 Å². The Kier molecular flexibility index (Phi) is 3.68. The van der Waals surface area contributed by atoms with Crippen LogP contribution in [-0.2, 0) is 6.54 Å². The molecule has 0 unspecified atom stereocenters. The summed E-state index contributed by atoms with van der Waals surface area (Å²) in [5, 5.41) is 3.98. The molecule has 2 aromatic carbocycles. The van der Waals surface area contributed by atoms with Crippen LogP contribution in [0.3, 0.4) is 0 Å². The standard InChI is InChI=1S/C18H15FN4O2/c1-2-9-23-15-8-5-12(10-14(15)20-18(23)24)16-21-17(25-22-16)11-3-6-13(19)7-4-11/h3-8,10H,2,9H2,1H3,(H,20,24). The van der Waals surface area contributed by atoms with Crippen molar-refractivity contribution in [3.8, 4) is 22.8 Å². The number of nitrogens with one attached hydrogen (secondary N) is 1. The largest absolute Gasteiger partial charge is 0.334 e. The van der Waals surface area contributed by atoms with E-state index in [9.17, 15) is 9.18 Å². The maximum Gasteiger partial charge on any atom is 0.326 e. The summed E-state index contributed by atoms with van der Waals surface area (Å²) < 4.78 is 20.0. The summed E-state index contributed by atoms with van der Waals surface area (Å²) in [6.07, 6.45) is 0.875. The van der Waals surface area contributed by atoms with Crippen molar-refractivity contribution in [2.24, 2.45) is 0 Å². The van der Waals surface area contributed by atoms with Crippen LogP contribution >= 0.6 is 0 Å². The van der Waals surface area contributed by atoms with Gasteiger partial charge in [0.1, 0.15) is 5.82 Å². The smallest absolute Gasteiger partial charge is 0.326 e. The number of hydrogen-bond acceptors (Lipinski definition) is 4. The van der Waals surface area contributed by atoms with E-state index in [0.29, 0.717) is 23.8 Å². The predicted octanol–water partition coefficient (Wildman–Crippen LogP) is 3.60. The molecule has 0 radical (unpaired) electrons. The molecular weight excluding hydrogens is 323 g/mol. The van der Waals surface area contributed by atoms with Crippen LogP contribution in [0, 0.1) is 5.82 Å². The molecule has 1 N–H and O–H groups in total. The molecule has 4 aromatic rings. The van der Waals surface area contributed by atoms with Gasteiger partial charge in [-0.1, -0.05) is 12.1 Å². The van der Waals surface area contributed by atoms with Gasteiger partial charge in [0, 0.05) is 17.7 Å². The van der Waals surface area contributed by atoms with Gasteiger partial charge in [-0.2, -0.15) is 4.98 Å². The van der Waals surface area contributed by atoms with Crippen LogP contribution in [0.25, 0.3) is 33.9 Å². The van der Waals surface area contributed by atoms with Crippen molar-refractivity contribution in [2.75, 3.05) is 0 Å². The molecule has 2 heterocycles. The van der Waals surface area contributed by atoms with Crippen LogP contribution in [-0.4, -0.2) is 19.7 Å².